The Morgan fingerprint density at radius 3 is 2.53 bits per heavy atom. The minimum Gasteiger partial charge on any atom is -0.496 e. The van der Waals surface area contributed by atoms with E-state index in [4.69, 9.17) is 4.74 Å². The number of hydrogen-bond acceptors (Lipinski definition) is 3. The van der Waals surface area contributed by atoms with Crippen LogP contribution in [0, 0.1) is 0 Å². The number of methoxy groups -OCH3 is 1. The topological polar surface area (TPSA) is 43.3 Å². The number of aromatic nitrogens is 1. The SMILES string of the molecule is CNC(Cn1ccc(=O)cc1)c1ccccc1OC. The first-order chi connectivity index (χ1) is 9.24. The zero-order valence-electron chi connectivity index (χ0n) is 11.2. The molecule has 1 aromatic carbocycles. The van der Waals surface area contributed by atoms with E-state index in [0.29, 0.717) is 0 Å². The van der Waals surface area contributed by atoms with E-state index in [0.717, 1.165) is 17.9 Å². The number of rotatable bonds is 5. The normalized spacial score (nSPS) is 12.1. The molecule has 1 atom stereocenters. The number of nitrogens with one attached hydrogen (secondary N) is 1. The fraction of sp³-hybridized carbons (Fsp3) is 0.267. The van der Waals surface area contributed by atoms with Crippen LogP contribution in [0.2, 0.25) is 0 Å². The van der Waals surface area contributed by atoms with Gasteiger partial charge in [0, 0.05) is 36.6 Å². The Morgan fingerprint density at radius 2 is 1.89 bits per heavy atom. The summed E-state index contributed by atoms with van der Waals surface area (Å²) in [7, 11) is 3.59. The number of benzene rings is 1. The summed E-state index contributed by atoms with van der Waals surface area (Å²) in [5.74, 6) is 0.864. The molecule has 0 aliphatic rings. The third kappa shape index (κ3) is 3.23. The van der Waals surface area contributed by atoms with Gasteiger partial charge in [0.1, 0.15) is 5.75 Å². The fourth-order valence-electron chi connectivity index (χ4n) is 2.08. The number of hydrogen-bond donors (Lipinski definition) is 1. The van der Waals surface area contributed by atoms with Crippen molar-refractivity contribution in [3.05, 3.63) is 64.6 Å². The Hall–Kier alpha value is -2.07. The first kappa shape index (κ1) is 13.4. The molecule has 4 nitrogen and oxygen atoms in total. The maximum atomic E-state index is 11.1. The van der Waals surface area contributed by atoms with Crippen molar-refractivity contribution in [3.8, 4) is 5.75 Å². The minimum atomic E-state index is 0.0227. The zero-order chi connectivity index (χ0) is 13.7. The molecule has 4 heteroatoms. The van der Waals surface area contributed by atoms with Crippen LogP contribution in [-0.4, -0.2) is 18.7 Å². The zero-order valence-corrected chi connectivity index (χ0v) is 11.2. The molecule has 19 heavy (non-hydrogen) atoms. The Kier molecular flexibility index (Phi) is 4.36. The lowest BCUT2D eigenvalue weighted by Gasteiger charge is -2.20. The lowest BCUT2D eigenvalue weighted by atomic mass is 10.1. The van der Waals surface area contributed by atoms with Gasteiger partial charge in [0.05, 0.1) is 13.2 Å². The largest absolute Gasteiger partial charge is 0.496 e. The second-order valence-corrected chi connectivity index (χ2v) is 4.31. The number of para-hydroxylation sites is 1. The quantitative estimate of drug-likeness (QED) is 0.889. The van der Waals surface area contributed by atoms with Gasteiger partial charge >= 0.3 is 0 Å². The number of likely N-dealkylation sites (N-methyl/N-ethyl adjacent to an activating group) is 1. The third-order valence-electron chi connectivity index (χ3n) is 3.12. The van der Waals surface area contributed by atoms with Gasteiger partial charge in [-0.1, -0.05) is 18.2 Å². The van der Waals surface area contributed by atoms with Gasteiger partial charge in [-0.15, -0.1) is 0 Å². The van der Waals surface area contributed by atoms with Crippen molar-refractivity contribution in [2.24, 2.45) is 0 Å². The van der Waals surface area contributed by atoms with Crippen molar-refractivity contribution in [2.45, 2.75) is 12.6 Å². The second-order valence-electron chi connectivity index (χ2n) is 4.31. The van der Waals surface area contributed by atoms with E-state index in [1.165, 1.54) is 0 Å². The van der Waals surface area contributed by atoms with Crippen molar-refractivity contribution >= 4 is 0 Å². The molecule has 0 spiro atoms. The summed E-state index contributed by atoms with van der Waals surface area (Å²) < 4.78 is 7.37. The summed E-state index contributed by atoms with van der Waals surface area (Å²) in [6.45, 7) is 0.733. The van der Waals surface area contributed by atoms with Crippen molar-refractivity contribution < 1.29 is 4.74 Å². The molecule has 1 heterocycles. The number of ether oxygens (including phenoxy) is 1. The highest BCUT2D eigenvalue weighted by Crippen LogP contribution is 2.25. The molecule has 1 aromatic heterocycles. The highest BCUT2D eigenvalue weighted by atomic mass is 16.5. The molecule has 2 aromatic rings. The molecular formula is C15H18N2O2. The summed E-state index contributed by atoms with van der Waals surface area (Å²) in [6.07, 6.45) is 3.59. The van der Waals surface area contributed by atoms with E-state index >= 15 is 0 Å². The van der Waals surface area contributed by atoms with Crippen molar-refractivity contribution in [1.29, 1.82) is 0 Å². The molecule has 0 aliphatic heterocycles. The average molecular weight is 258 g/mol. The molecule has 0 fully saturated rings. The number of pyridine rings is 1. The molecule has 100 valence electrons. The van der Waals surface area contributed by atoms with Crippen LogP contribution in [0.15, 0.2) is 53.6 Å². The summed E-state index contributed by atoms with van der Waals surface area (Å²) in [5, 5.41) is 3.28. The fourth-order valence-corrected chi connectivity index (χ4v) is 2.08. The lowest BCUT2D eigenvalue weighted by molar-refractivity contribution is 0.394. The molecule has 0 saturated heterocycles. The van der Waals surface area contributed by atoms with Crippen molar-refractivity contribution in [3.63, 3.8) is 0 Å². The van der Waals surface area contributed by atoms with Crippen LogP contribution in [0.25, 0.3) is 0 Å². The minimum absolute atomic E-state index is 0.0227. The molecule has 0 aliphatic carbocycles. The molecule has 2 rings (SSSR count). The summed E-state index contributed by atoms with van der Waals surface area (Å²) in [4.78, 5) is 11.1. The van der Waals surface area contributed by atoms with Gasteiger partial charge in [0.2, 0.25) is 0 Å². The maximum Gasteiger partial charge on any atom is 0.181 e. The molecular weight excluding hydrogens is 240 g/mol. The van der Waals surface area contributed by atoms with E-state index in [1.807, 2.05) is 35.9 Å². The van der Waals surface area contributed by atoms with Crippen LogP contribution in [-0.2, 0) is 6.54 Å². The lowest BCUT2D eigenvalue weighted by Crippen LogP contribution is -2.22. The molecule has 0 amide bonds. The van der Waals surface area contributed by atoms with Crippen LogP contribution in [0.1, 0.15) is 11.6 Å². The van der Waals surface area contributed by atoms with E-state index in [-0.39, 0.29) is 11.5 Å². The van der Waals surface area contributed by atoms with Crippen LogP contribution < -0.4 is 15.5 Å². The van der Waals surface area contributed by atoms with E-state index < -0.39 is 0 Å². The first-order valence-corrected chi connectivity index (χ1v) is 6.21. The van der Waals surface area contributed by atoms with Gasteiger partial charge in [-0.2, -0.15) is 0 Å². The third-order valence-corrected chi connectivity index (χ3v) is 3.12. The van der Waals surface area contributed by atoms with Crippen molar-refractivity contribution in [1.82, 2.24) is 9.88 Å². The molecule has 1 unspecified atom stereocenters. The van der Waals surface area contributed by atoms with Crippen LogP contribution >= 0.6 is 0 Å². The first-order valence-electron chi connectivity index (χ1n) is 6.21. The Morgan fingerprint density at radius 1 is 1.21 bits per heavy atom. The summed E-state index contributed by atoms with van der Waals surface area (Å²) in [5.41, 5.74) is 1.13. The second kappa shape index (κ2) is 6.20. The van der Waals surface area contributed by atoms with Crippen molar-refractivity contribution in [2.75, 3.05) is 14.2 Å². The predicted molar refractivity (Wildman–Crippen MR) is 75.5 cm³/mol. The average Bonchev–Trinajstić information content (AvgIpc) is 2.46. The van der Waals surface area contributed by atoms with Gasteiger partial charge in [-0.3, -0.25) is 4.79 Å². The summed E-state index contributed by atoms with van der Waals surface area (Å²) in [6, 6.07) is 11.2. The Bertz CT molecular complexity index is 572. The highest BCUT2D eigenvalue weighted by molar-refractivity contribution is 5.35. The van der Waals surface area contributed by atoms with Crippen LogP contribution in [0.3, 0.4) is 0 Å². The van der Waals surface area contributed by atoms with E-state index in [1.54, 1.807) is 31.6 Å². The van der Waals surface area contributed by atoms with Crippen LogP contribution in [0.5, 0.6) is 5.75 Å². The molecule has 0 radical (unpaired) electrons. The van der Waals surface area contributed by atoms with Crippen LogP contribution in [0.4, 0.5) is 0 Å². The monoisotopic (exact) mass is 258 g/mol. The van der Waals surface area contributed by atoms with E-state index in [2.05, 4.69) is 5.32 Å². The number of nitrogens with zero attached hydrogens (tertiary/aromatic N) is 1. The molecule has 0 bridgehead atoms. The van der Waals surface area contributed by atoms with E-state index in [9.17, 15) is 4.79 Å². The van der Waals surface area contributed by atoms with Gasteiger partial charge in [0.25, 0.3) is 0 Å². The van der Waals surface area contributed by atoms with Gasteiger partial charge in [-0.05, 0) is 13.1 Å². The highest BCUT2D eigenvalue weighted by Gasteiger charge is 2.13. The predicted octanol–water partition coefficient (Wildman–Crippen LogP) is 1.82. The summed E-state index contributed by atoms with van der Waals surface area (Å²) >= 11 is 0. The Labute approximate surface area is 112 Å². The smallest absolute Gasteiger partial charge is 0.181 e. The van der Waals surface area contributed by atoms with Gasteiger partial charge < -0.3 is 14.6 Å². The molecule has 0 saturated carbocycles. The van der Waals surface area contributed by atoms with Gasteiger partial charge in [-0.25, -0.2) is 0 Å². The van der Waals surface area contributed by atoms with Gasteiger partial charge in [0.15, 0.2) is 5.43 Å². The maximum absolute atomic E-state index is 11.1. The molecule has 1 N–H and O–H groups in total. The Balaban J connectivity index is 2.24. The standard InChI is InChI=1S/C15H18N2O2/c1-16-14(11-17-9-7-12(18)8-10-17)13-5-3-4-6-15(13)19-2/h3-10,14,16H,11H2,1-2H3.